The first-order valence-corrected chi connectivity index (χ1v) is 9.16. The third-order valence-corrected chi connectivity index (χ3v) is 4.99. The molecule has 0 aliphatic heterocycles. The second-order valence-corrected chi connectivity index (χ2v) is 7.32. The van der Waals surface area contributed by atoms with Gasteiger partial charge in [-0.2, -0.15) is 0 Å². The van der Waals surface area contributed by atoms with Crippen molar-refractivity contribution >= 4 is 5.82 Å². The van der Waals surface area contributed by atoms with Crippen molar-refractivity contribution in [3.05, 3.63) is 102 Å². The van der Waals surface area contributed by atoms with Crippen molar-refractivity contribution in [2.45, 2.75) is 25.7 Å². The van der Waals surface area contributed by atoms with Crippen LogP contribution in [0.4, 0.5) is 5.82 Å². The van der Waals surface area contributed by atoms with Crippen molar-refractivity contribution in [3.63, 3.8) is 0 Å². The summed E-state index contributed by atoms with van der Waals surface area (Å²) in [5.74, 6) is 6.81. The zero-order valence-corrected chi connectivity index (χ0v) is 16.2. The summed E-state index contributed by atoms with van der Waals surface area (Å²) in [4.78, 5) is 4.26. The largest absolute Gasteiger partial charge is 0.508 e. The highest BCUT2D eigenvalue weighted by atomic mass is 16.3. The van der Waals surface area contributed by atoms with Gasteiger partial charge in [0.1, 0.15) is 11.6 Å². The first kappa shape index (κ1) is 19.5. The molecule has 5 nitrogen and oxygen atoms in total. The van der Waals surface area contributed by atoms with E-state index in [4.69, 9.17) is 11.6 Å². The van der Waals surface area contributed by atoms with Crippen molar-refractivity contribution in [2.75, 3.05) is 5.01 Å². The number of phenolic OH excluding ortho intramolecular Hbond substituents is 1. The fraction of sp³-hybridized carbons (Fsp3) is 0.174. The van der Waals surface area contributed by atoms with E-state index in [1.165, 1.54) is 22.3 Å². The molecule has 0 fully saturated rings. The van der Waals surface area contributed by atoms with Gasteiger partial charge in [0.25, 0.3) is 0 Å². The van der Waals surface area contributed by atoms with Crippen LogP contribution in [0.3, 0.4) is 0 Å². The van der Waals surface area contributed by atoms with Gasteiger partial charge in [-0.25, -0.2) is 10.8 Å². The van der Waals surface area contributed by atoms with Crippen LogP contribution in [0.5, 0.6) is 5.75 Å². The molecule has 0 saturated heterocycles. The first-order valence-electron chi connectivity index (χ1n) is 9.16. The number of hydrogen-bond donors (Lipinski definition) is 3. The van der Waals surface area contributed by atoms with Crippen LogP contribution >= 0.6 is 0 Å². The highest BCUT2D eigenvalue weighted by molar-refractivity contribution is 5.44. The molecule has 3 rings (SSSR count). The molecule has 5 heteroatoms. The predicted octanol–water partition coefficient (Wildman–Crippen LogP) is 3.81. The van der Waals surface area contributed by atoms with Crippen LogP contribution < -0.4 is 16.6 Å². The molecule has 0 unspecified atom stereocenters. The summed E-state index contributed by atoms with van der Waals surface area (Å²) in [6.45, 7) is 4.37. The van der Waals surface area contributed by atoms with Crippen LogP contribution in [0.2, 0.25) is 0 Å². The van der Waals surface area contributed by atoms with Gasteiger partial charge in [0, 0.05) is 24.0 Å². The van der Waals surface area contributed by atoms with Crippen molar-refractivity contribution in [3.8, 4) is 5.75 Å². The maximum atomic E-state index is 9.53. The molecule has 0 amide bonds. The normalized spacial score (nSPS) is 11.7. The van der Waals surface area contributed by atoms with E-state index in [1.807, 2.05) is 24.3 Å². The number of aromatic nitrogens is 1. The second kappa shape index (κ2) is 8.15. The van der Waals surface area contributed by atoms with Gasteiger partial charge in [0.15, 0.2) is 0 Å². The van der Waals surface area contributed by atoms with Crippen LogP contribution in [-0.2, 0) is 11.8 Å². The highest BCUT2D eigenvalue weighted by Crippen LogP contribution is 2.32. The SMILES string of the molecule is CC(C)(c1ccc(O)cc1)c1ccc(Cc2ccnc(N(N)/C=C\N)c2)cc1. The van der Waals surface area contributed by atoms with Crippen molar-refractivity contribution < 1.29 is 5.11 Å². The molecule has 0 bridgehead atoms. The standard InChI is InChI=1S/C23H26N4O/c1-23(2,20-7-9-21(28)10-8-20)19-5-3-17(4-6-19)15-18-11-13-26-22(16-18)27(25)14-12-24/h3-14,16,28H,15,24-25H2,1-2H3/b14-12-. The number of nitrogens with two attached hydrogens (primary N) is 2. The second-order valence-electron chi connectivity index (χ2n) is 7.32. The lowest BCUT2D eigenvalue weighted by Gasteiger charge is -2.26. The molecular weight excluding hydrogens is 348 g/mol. The molecular formula is C23H26N4O. The number of hydrogen-bond acceptors (Lipinski definition) is 5. The van der Waals surface area contributed by atoms with Gasteiger partial charge < -0.3 is 10.8 Å². The van der Waals surface area contributed by atoms with Gasteiger partial charge in [-0.1, -0.05) is 50.2 Å². The third kappa shape index (κ3) is 4.32. The molecule has 28 heavy (non-hydrogen) atoms. The van der Waals surface area contributed by atoms with Gasteiger partial charge >= 0.3 is 0 Å². The third-order valence-electron chi connectivity index (χ3n) is 4.99. The summed E-state index contributed by atoms with van der Waals surface area (Å²) >= 11 is 0. The van der Waals surface area contributed by atoms with Gasteiger partial charge in [-0.05, 0) is 52.9 Å². The van der Waals surface area contributed by atoms with E-state index >= 15 is 0 Å². The fourth-order valence-electron chi connectivity index (χ4n) is 3.20. The molecule has 0 aliphatic carbocycles. The Morgan fingerprint density at radius 2 is 1.57 bits per heavy atom. The summed E-state index contributed by atoms with van der Waals surface area (Å²) in [5.41, 5.74) is 9.95. The molecule has 2 aromatic carbocycles. The molecule has 5 N–H and O–H groups in total. The molecule has 3 aromatic rings. The number of pyridine rings is 1. The van der Waals surface area contributed by atoms with Crippen LogP contribution in [0.25, 0.3) is 0 Å². The predicted molar refractivity (Wildman–Crippen MR) is 114 cm³/mol. The van der Waals surface area contributed by atoms with Gasteiger partial charge in [0.05, 0.1) is 0 Å². The lowest BCUT2D eigenvalue weighted by atomic mass is 9.78. The van der Waals surface area contributed by atoms with Crippen LogP contribution in [0.1, 0.15) is 36.1 Å². The zero-order chi connectivity index (χ0) is 20.1. The van der Waals surface area contributed by atoms with Crippen molar-refractivity contribution in [1.82, 2.24) is 4.98 Å². The number of rotatable bonds is 6. The lowest BCUT2D eigenvalue weighted by molar-refractivity contribution is 0.474. The van der Waals surface area contributed by atoms with E-state index in [2.05, 4.69) is 43.1 Å². The van der Waals surface area contributed by atoms with E-state index in [0.29, 0.717) is 5.82 Å². The first-order chi connectivity index (χ1) is 13.4. The number of hydrazine groups is 1. The Labute approximate surface area is 165 Å². The van der Waals surface area contributed by atoms with E-state index in [-0.39, 0.29) is 11.2 Å². The summed E-state index contributed by atoms with van der Waals surface area (Å²) in [5, 5.41) is 10.9. The van der Waals surface area contributed by atoms with Gasteiger partial charge in [-0.3, -0.25) is 5.01 Å². The number of anilines is 1. The smallest absolute Gasteiger partial charge is 0.146 e. The van der Waals surface area contributed by atoms with E-state index < -0.39 is 0 Å². The Hall–Kier alpha value is -3.31. The molecule has 0 spiro atoms. The van der Waals surface area contributed by atoms with Crippen molar-refractivity contribution in [2.24, 2.45) is 11.6 Å². The van der Waals surface area contributed by atoms with Crippen LogP contribution in [0, 0.1) is 0 Å². The summed E-state index contributed by atoms with van der Waals surface area (Å²) in [6, 6.07) is 20.0. The molecule has 1 heterocycles. The molecule has 0 saturated carbocycles. The average molecular weight is 374 g/mol. The van der Waals surface area contributed by atoms with E-state index in [9.17, 15) is 5.11 Å². The summed E-state index contributed by atoms with van der Waals surface area (Å²) < 4.78 is 0. The molecule has 0 aliphatic rings. The van der Waals surface area contributed by atoms with Gasteiger partial charge in [-0.15, -0.1) is 0 Å². The average Bonchev–Trinajstić information content (AvgIpc) is 2.69. The minimum Gasteiger partial charge on any atom is -0.508 e. The number of nitrogens with zero attached hydrogens (tertiary/aromatic N) is 2. The lowest BCUT2D eigenvalue weighted by Crippen LogP contribution is -2.25. The summed E-state index contributed by atoms with van der Waals surface area (Å²) in [7, 11) is 0. The zero-order valence-electron chi connectivity index (χ0n) is 16.2. The highest BCUT2D eigenvalue weighted by Gasteiger charge is 2.22. The molecule has 0 radical (unpaired) electrons. The van der Waals surface area contributed by atoms with Crippen LogP contribution in [0.15, 0.2) is 79.3 Å². The minimum absolute atomic E-state index is 0.148. The van der Waals surface area contributed by atoms with Gasteiger partial charge in [0.2, 0.25) is 0 Å². The molecule has 0 atom stereocenters. The van der Waals surface area contributed by atoms with E-state index in [1.54, 1.807) is 24.5 Å². The number of phenols is 1. The van der Waals surface area contributed by atoms with Crippen molar-refractivity contribution in [1.29, 1.82) is 0 Å². The summed E-state index contributed by atoms with van der Waals surface area (Å²) in [6.07, 6.45) is 5.47. The monoisotopic (exact) mass is 374 g/mol. The Morgan fingerprint density at radius 1 is 0.964 bits per heavy atom. The topological polar surface area (TPSA) is 88.4 Å². The maximum Gasteiger partial charge on any atom is 0.146 e. The van der Waals surface area contributed by atoms with E-state index in [0.717, 1.165) is 17.5 Å². The Kier molecular flexibility index (Phi) is 5.66. The fourth-order valence-corrected chi connectivity index (χ4v) is 3.20. The quantitative estimate of drug-likeness (QED) is 0.451. The molecule has 1 aromatic heterocycles. The number of aromatic hydroxyl groups is 1. The molecule has 144 valence electrons. The Morgan fingerprint density at radius 3 is 2.18 bits per heavy atom. The Bertz CT molecular complexity index is 947. The number of benzene rings is 2. The maximum absolute atomic E-state index is 9.53. The minimum atomic E-state index is -0.148. The van der Waals surface area contributed by atoms with Crippen LogP contribution in [-0.4, -0.2) is 10.1 Å². The Balaban J connectivity index is 1.78.